The lowest BCUT2D eigenvalue weighted by molar-refractivity contribution is 1.14. The van der Waals surface area contributed by atoms with Crippen molar-refractivity contribution in [1.29, 1.82) is 5.26 Å². The van der Waals surface area contributed by atoms with Crippen molar-refractivity contribution in [3.63, 3.8) is 0 Å². The van der Waals surface area contributed by atoms with Gasteiger partial charge < -0.3 is 5.32 Å². The number of thiazole rings is 1. The second-order valence-corrected chi connectivity index (χ2v) is 7.19. The predicted molar refractivity (Wildman–Crippen MR) is 111 cm³/mol. The monoisotopic (exact) mass is 399 g/mol. The largest absolute Gasteiger partial charge is 0.360 e. The number of rotatable bonds is 5. The lowest BCUT2D eigenvalue weighted by atomic mass is 10.1. The normalized spacial score (nSPS) is 11.2. The highest BCUT2D eigenvalue weighted by Gasteiger charge is 2.12. The maximum absolute atomic E-state index is 9.52. The third-order valence-electron chi connectivity index (χ3n) is 3.83. The molecule has 0 aliphatic rings. The van der Waals surface area contributed by atoms with Crippen LogP contribution in [-0.4, -0.2) is 4.98 Å². The summed E-state index contributed by atoms with van der Waals surface area (Å²) in [6.07, 6.45) is 2.61. The number of allylic oxidation sites excluding steroid dienone is 1. The molecule has 1 heterocycles. The molecule has 26 heavy (non-hydrogen) atoms. The third kappa shape index (κ3) is 4.08. The van der Waals surface area contributed by atoms with Crippen LogP contribution in [0.15, 0.2) is 54.0 Å². The minimum Gasteiger partial charge on any atom is -0.360 e. The van der Waals surface area contributed by atoms with Gasteiger partial charge in [-0.1, -0.05) is 48.3 Å². The van der Waals surface area contributed by atoms with Crippen LogP contribution in [0.1, 0.15) is 17.5 Å². The van der Waals surface area contributed by atoms with Gasteiger partial charge in [-0.25, -0.2) is 4.98 Å². The van der Waals surface area contributed by atoms with Crippen molar-refractivity contribution in [2.45, 2.75) is 13.3 Å². The minimum atomic E-state index is 0.470. The molecule has 0 saturated heterocycles. The van der Waals surface area contributed by atoms with Gasteiger partial charge in [0.05, 0.1) is 10.7 Å². The molecule has 3 rings (SSSR count). The van der Waals surface area contributed by atoms with Gasteiger partial charge in [0.25, 0.3) is 0 Å². The summed E-state index contributed by atoms with van der Waals surface area (Å²) in [7, 11) is 0. The molecule has 6 heteroatoms. The Bertz CT molecular complexity index is 1000. The van der Waals surface area contributed by atoms with Crippen molar-refractivity contribution in [2.24, 2.45) is 0 Å². The average Bonchev–Trinajstić information content (AvgIpc) is 3.12. The second kappa shape index (κ2) is 8.37. The van der Waals surface area contributed by atoms with E-state index in [2.05, 4.69) is 29.4 Å². The first-order valence-electron chi connectivity index (χ1n) is 7.98. The number of halogens is 2. The van der Waals surface area contributed by atoms with Gasteiger partial charge in [-0.2, -0.15) is 5.26 Å². The van der Waals surface area contributed by atoms with Gasteiger partial charge in [-0.15, -0.1) is 11.3 Å². The first kappa shape index (κ1) is 18.5. The first-order chi connectivity index (χ1) is 12.6. The van der Waals surface area contributed by atoms with Gasteiger partial charge in [0.15, 0.2) is 0 Å². The molecule has 130 valence electrons. The number of benzene rings is 2. The van der Waals surface area contributed by atoms with Crippen molar-refractivity contribution in [3.8, 4) is 17.3 Å². The van der Waals surface area contributed by atoms with E-state index in [4.69, 9.17) is 23.2 Å². The molecule has 0 saturated carbocycles. The summed E-state index contributed by atoms with van der Waals surface area (Å²) in [6.45, 7) is 2.10. The van der Waals surface area contributed by atoms with Gasteiger partial charge in [0, 0.05) is 27.9 Å². The molecule has 0 unspecified atom stereocenters. The predicted octanol–water partition coefficient (Wildman–Crippen LogP) is 6.66. The molecule has 0 amide bonds. The van der Waals surface area contributed by atoms with E-state index in [-0.39, 0.29) is 0 Å². The summed E-state index contributed by atoms with van der Waals surface area (Å²) in [5.74, 6) is 0. The standard InChI is InChI=1S/C20H15Cl2N3S/c1-2-13-5-3-4-6-18(13)24-11-14(10-23)20-25-19(12-26-20)16-8-7-15(21)9-17(16)22/h3-9,11-12,24H,2H2,1H3/b14-11-. The van der Waals surface area contributed by atoms with Crippen LogP contribution in [0.4, 0.5) is 5.69 Å². The first-order valence-corrected chi connectivity index (χ1v) is 9.62. The molecular formula is C20H15Cl2N3S. The molecule has 1 aromatic heterocycles. The van der Waals surface area contributed by atoms with E-state index >= 15 is 0 Å². The third-order valence-corrected chi connectivity index (χ3v) is 5.26. The maximum atomic E-state index is 9.52. The van der Waals surface area contributed by atoms with E-state index in [1.807, 2.05) is 29.6 Å². The summed E-state index contributed by atoms with van der Waals surface area (Å²) in [4.78, 5) is 4.56. The molecule has 0 bridgehead atoms. The summed E-state index contributed by atoms with van der Waals surface area (Å²) >= 11 is 13.6. The number of hydrogen-bond acceptors (Lipinski definition) is 4. The lowest BCUT2D eigenvalue weighted by Crippen LogP contribution is -1.95. The Labute approximate surface area is 166 Å². The van der Waals surface area contributed by atoms with Crippen molar-refractivity contribution in [1.82, 2.24) is 4.98 Å². The average molecular weight is 400 g/mol. The maximum Gasteiger partial charge on any atom is 0.136 e. The Morgan fingerprint density at radius 1 is 1.27 bits per heavy atom. The van der Waals surface area contributed by atoms with Gasteiger partial charge in [-0.05, 0) is 36.2 Å². The smallest absolute Gasteiger partial charge is 0.136 e. The van der Waals surface area contributed by atoms with E-state index in [1.54, 1.807) is 18.3 Å². The minimum absolute atomic E-state index is 0.470. The van der Waals surface area contributed by atoms with E-state index in [9.17, 15) is 5.26 Å². The van der Waals surface area contributed by atoms with Gasteiger partial charge >= 0.3 is 0 Å². The fourth-order valence-electron chi connectivity index (χ4n) is 2.48. The van der Waals surface area contributed by atoms with Crippen LogP contribution < -0.4 is 5.32 Å². The van der Waals surface area contributed by atoms with E-state index < -0.39 is 0 Å². The summed E-state index contributed by atoms with van der Waals surface area (Å²) in [5.41, 5.74) is 4.16. The molecule has 1 N–H and O–H groups in total. The molecule has 3 nitrogen and oxygen atoms in total. The van der Waals surface area contributed by atoms with Gasteiger partial charge in [-0.3, -0.25) is 0 Å². The number of aromatic nitrogens is 1. The highest BCUT2D eigenvalue weighted by molar-refractivity contribution is 7.11. The van der Waals surface area contributed by atoms with Gasteiger partial charge in [0.1, 0.15) is 16.6 Å². The quantitative estimate of drug-likeness (QED) is 0.488. The number of nitrogens with one attached hydrogen (secondary N) is 1. The van der Waals surface area contributed by atoms with Crippen LogP contribution in [0, 0.1) is 11.3 Å². The summed E-state index contributed by atoms with van der Waals surface area (Å²) in [6, 6.07) is 15.5. The van der Waals surface area contributed by atoms with E-state index in [0.29, 0.717) is 20.6 Å². The highest BCUT2D eigenvalue weighted by atomic mass is 35.5. The number of para-hydroxylation sites is 1. The van der Waals surface area contributed by atoms with Crippen LogP contribution in [0.5, 0.6) is 0 Å². The molecule has 0 aliphatic heterocycles. The Kier molecular flexibility index (Phi) is 5.95. The number of nitrogens with zero attached hydrogens (tertiary/aromatic N) is 2. The van der Waals surface area contributed by atoms with Gasteiger partial charge in [0.2, 0.25) is 0 Å². The SMILES string of the molecule is CCc1ccccc1N/C=C(/C#N)c1nc(-c2ccc(Cl)cc2Cl)cs1. The molecule has 0 radical (unpaired) electrons. The Morgan fingerprint density at radius 2 is 2.08 bits per heavy atom. The molecule has 0 spiro atoms. The number of aryl methyl sites for hydroxylation is 1. The number of nitriles is 1. The zero-order valence-corrected chi connectivity index (χ0v) is 16.3. The zero-order valence-electron chi connectivity index (χ0n) is 14.0. The summed E-state index contributed by atoms with van der Waals surface area (Å²) < 4.78 is 0. The van der Waals surface area contributed by atoms with Crippen molar-refractivity contribution in [3.05, 3.63) is 74.7 Å². The van der Waals surface area contributed by atoms with Crippen LogP contribution in [0.25, 0.3) is 16.8 Å². The van der Waals surface area contributed by atoms with Crippen LogP contribution in [-0.2, 0) is 6.42 Å². The second-order valence-electron chi connectivity index (χ2n) is 5.49. The van der Waals surface area contributed by atoms with Crippen molar-refractivity contribution < 1.29 is 0 Å². The molecular weight excluding hydrogens is 385 g/mol. The zero-order chi connectivity index (χ0) is 18.5. The fraction of sp³-hybridized carbons (Fsp3) is 0.100. The molecule has 0 fully saturated rings. The fourth-order valence-corrected chi connectivity index (χ4v) is 3.77. The molecule has 0 aliphatic carbocycles. The Morgan fingerprint density at radius 3 is 2.81 bits per heavy atom. The molecule has 0 atom stereocenters. The van der Waals surface area contributed by atoms with E-state index in [0.717, 1.165) is 23.4 Å². The molecule has 2 aromatic carbocycles. The summed E-state index contributed by atoms with van der Waals surface area (Å²) in [5, 5.41) is 16.4. The van der Waals surface area contributed by atoms with Crippen molar-refractivity contribution in [2.75, 3.05) is 5.32 Å². The van der Waals surface area contributed by atoms with Crippen molar-refractivity contribution >= 4 is 45.8 Å². The van der Waals surface area contributed by atoms with Crippen LogP contribution in [0.3, 0.4) is 0 Å². The highest BCUT2D eigenvalue weighted by Crippen LogP contribution is 2.32. The Hall–Kier alpha value is -2.32. The number of hydrogen-bond donors (Lipinski definition) is 1. The molecule has 3 aromatic rings. The topological polar surface area (TPSA) is 48.7 Å². The van der Waals surface area contributed by atoms with Crippen LogP contribution >= 0.6 is 34.5 Å². The van der Waals surface area contributed by atoms with E-state index in [1.165, 1.54) is 16.9 Å². The lowest BCUT2D eigenvalue weighted by Gasteiger charge is -2.07. The Balaban J connectivity index is 1.87. The number of anilines is 1. The van der Waals surface area contributed by atoms with Crippen LogP contribution in [0.2, 0.25) is 10.0 Å².